The molecule has 0 aliphatic rings. The molecule has 0 saturated carbocycles. The summed E-state index contributed by atoms with van der Waals surface area (Å²) in [7, 11) is 0. The van der Waals surface area contributed by atoms with E-state index in [1.807, 2.05) is 53.0 Å². The molecule has 2 nitrogen and oxygen atoms in total. The van der Waals surface area contributed by atoms with Crippen LogP contribution in [-0.4, -0.2) is 9.78 Å². The highest BCUT2D eigenvalue weighted by Crippen LogP contribution is 2.09. The maximum atomic E-state index is 4.10. The van der Waals surface area contributed by atoms with Crippen molar-refractivity contribution < 1.29 is 0 Å². The molecule has 0 aromatic carbocycles. The average Bonchev–Trinajstić information content (AvgIpc) is 2.89. The van der Waals surface area contributed by atoms with Gasteiger partial charge in [-0.1, -0.05) is 79.7 Å². The first-order valence-electron chi connectivity index (χ1n) is 7.66. The molecule has 0 aliphatic heterocycles. The number of aromatic nitrogens is 2. The van der Waals surface area contributed by atoms with E-state index in [9.17, 15) is 0 Å². The highest BCUT2D eigenvalue weighted by molar-refractivity contribution is 5.53. The molecule has 1 heterocycles. The lowest BCUT2D eigenvalue weighted by molar-refractivity contribution is 0.886. The fourth-order valence-electron chi connectivity index (χ4n) is 0.970. The van der Waals surface area contributed by atoms with Crippen molar-refractivity contribution in [2.24, 2.45) is 0 Å². The molecule has 0 amide bonds. The normalized spacial score (nSPS) is 8.35. The Balaban J connectivity index is -0.000000306. The summed E-state index contributed by atoms with van der Waals surface area (Å²) in [6, 6.07) is 0. The Morgan fingerprint density at radius 3 is 1.95 bits per heavy atom. The van der Waals surface area contributed by atoms with Gasteiger partial charge in [0.15, 0.2) is 0 Å². The van der Waals surface area contributed by atoms with Crippen LogP contribution in [-0.2, 0) is 0 Å². The Morgan fingerprint density at radius 2 is 1.60 bits per heavy atom. The number of hydrogen-bond donors (Lipinski definition) is 0. The van der Waals surface area contributed by atoms with Crippen LogP contribution in [0.1, 0.15) is 65.6 Å². The van der Waals surface area contributed by atoms with Crippen LogP contribution in [0.3, 0.4) is 0 Å². The van der Waals surface area contributed by atoms with Crippen LogP contribution in [0, 0.1) is 6.92 Å². The van der Waals surface area contributed by atoms with Gasteiger partial charge in [-0.15, -0.1) is 0 Å². The standard InChI is InChI=1S/C10H12N2.C4H10.2C2H6/c1-4-6-7-10-9(3)8-11-12(10)5-2;1-3-4-2;2*1-2/h4-8H,1-2H2,3H3;3-4H2,1-2H3;2*1-2H3/b7-6-;;;. The number of rotatable bonds is 4. The average molecular weight is 278 g/mol. The molecule has 0 atom stereocenters. The molecule has 1 aromatic rings. The van der Waals surface area contributed by atoms with Gasteiger partial charge in [0.25, 0.3) is 0 Å². The number of nitrogens with zero attached hydrogens (tertiary/aromatic N) is 2. The van der Waals surface area contributed by atoms with Crippen LogP contribution in [0.25, 0.3) is 12.3 Å². The molecular weight excluding hydrogens is 244 g/mol. The quantitative estimate of drug-likeness (QED) is 0.587. The highest BCUT2D eigenvalue weighted by Gasteiger charge is 1.99. The first-order chi connectivity index (χ1) is 9.71. The highest BCUT2D eigenvalue weighted by atomic mass is 15.3. The van der Waals surface area contributed by atoms with Crippen molar-refractivity contribution in [2.75, 3.05) is 0 Å². The molecule has 0 saturated heterocycles. The van der Waals surface area contributed by atoms with Crippen LogP contribution in [0.4, 0.5) is 0 Å². The Kier molecular flexibility index (Phi) is 23.2. The number of aryl methyl sites for hydroxylation is 1. The lowest BCUT2D eigenvalue weighted by Gasteiger charge is -1.95. The van der Waals surface area contributed by atoms with Crippen LogP contribution in [0.15, 0.2) is 31.5 Å². The van der Waals surface area contributed by atoms with E-state index in [2.05, 4.69) is 32.1 Å². The van der Waals surface area contributed by atoms with E-state index in [0.717, 1.165) is 11.3 Å². The van der Waals surface area contributed by atoms with Crippen LogP contribution < -0.4 is 0 Å². The molecule has 1 rings (SSSR count). The molecule has 0 bridgehead atoms. The van der Waals surface area contributed by atoms with Crippen LogP contribution in [0.2, 0.25) is 0 Å². The van der Waals surface area contributed by atoms with Gasteiger partial charge in [0, 0.05) is 6.20 Å². The third-order valence-electron chi connectivity index (χ3n) is 2.09. The van der Waals surface area contributed by atoms with Gasteiger partial charge >= 0.3 is 0 Å². The number of unbranched alkanes of at least 4 members (excludes halogenated alkanes) is 1. The Morgan fingerprint density at radius 1 is 1.10 bits per heavy atom. The number of hydrogen-bond acceptors (Lipinski definition) is 1. The zero-order chi connectivity index (χ0) is 16.4. The Bertz CT molecular complexity index is 344. The molecule has 116 valence electrons. The Hall–Kier alpha value is -1.57. The summed E-state index contributed by atoms with van der Waals surface area (Å²) in [5, 5.41) is 4.10. The molecule has 0 N–H and O–H groups in total. The van der Waals surface area contributed by atoms with Gasteiger partial charge in [-0.2, -0.15) is 5.10 Å². The van der Waals surface area contributed by atoms with Crippen molar-refractivity contribution in [3.63, 3.8) is 0 Å². The monoisotopic (exact) mass is 278 g/mol. The molecule has 0 aliphatic carbocycles. The summed E-state index contributed by atoms with van der Waals surface area (Å²) in [6.45, 7) is 21.6. The maximum Gasteiger partial charge on any atom is 0.0690 e. The summed E-state index contributed by atoms with van der Waals surface area (Å²) in [6.07, 6.45) is 11.7. The fraction of sp³-hybridized carbons (Fsp3) is 0.500. The predicted octanol–water partition coefficient (Wildman–Crippen LogP) is 6.35. The lowest BCUT2D eigenvalue weighted by Crippen LogP contribution is -1.90. The van der Waals surface area contributed by atoms with E-state index >= 15 is 0 Å². The first-order valence-corrected chi connectivity index (χ1v) is 7.66. The molecule has 0 spiro atoms. The first kappa shape index (κ1) is 23.5. The molecule has 20 heavy (non-hydrogen) atoms. The van der Waals surface area contributed by atoms with Gasteiger partial charge < -0.3 is 0 Å². The minimum absolute atomic E-state index is 1.05. The van der Waals surface area contributed by atoms with Crippen molar-refractivity contribution in [3.05, 3.63) is 42.8 Å². The van der Waals surface area contributed by atoms with E-state index in [-0.39, 0.29) is 0 Å². The van der Waals surface area contributed by atoms with Crippen LogP contribution >= 0.6 is 0 Å². The second-order valence-electron chi connectivity index (χ2n) is 3.43. The van der Waals surface area contributed by atoms with Gasteiger partial charge in [-0.25, -0.2) is 4.68 Å². The zero-order valence-corrected chi connectivity index (χ0v) is 14.6. The predicted molar refractivity (Wildman–Crippen MR) is 95.9 cm³/mol. The Labute approximate surface area is 126 Å². The molecular formula is C18H34N2. The summed E-state index contributed by atoms with van der Waals surface area (Å²) >= 11 is 0. The fourth-order valence-corrected chi connectivity index (χ4v) is 0.970. The lowest BCUT2D eigenvalue weighted by atomic mass is 10.2. The van der Waals surface area contributed by atoms with Gasteiger partial charge in [0.2, 0.25) is 0 Å². The van der Waals surface area contributed by atoms with Crippen molar-refractivity contribution in [1.82, 2.24) is 9.78 Å². The van der Waals surface area contributed by atoms with Gasteiger partial charge in [0.1, 0.15) is 0 Å². The SMILES string of the molecule is C=C/C=C\c1c(C)cnn1C=C.CC.CC.CCCC. The minimum atomic E-state index is 1.05. The second kappa shape index (κ2) is 19.8. The van der Waals surface area contributed by atoms with E-state index in [0.29, 0.717) is 0 Å². The number of allylic oxidation sites excluding steroid dienone is 2. The van der Waals surface area contributed by atoms with E-state index in [4.69, 9.17) is 0 Å². The topological polar surface area (TPSA) is 17.8 Å². The smallest absolute Gasteiger partial charge is 0.0690 e. The third kappa shape index (κ3) is 11.5. The van der Waals surface area contributed by atoms with E-state index in [1.54, 1.807) is 17.0 Å². The molecule has 2 heteroatoms. The van der Waals surface area contributed by atoms with Gasteiger partial charge in [0.05, 0.1) is 11.9 Å². The zero-order valence-electron chi connectivity index (χ0n) is 14.6. The summed E-state index contributed by atoms with van der Waals surface area (Å²) < 4.78 is 1.73. The second-order valence-corrected chi connectivity index (χ2v) is 3.43. The van der Waals surface area contributed by atoms with Crippen molar-refractivity contribution in [1.29, 1.82) is 0 Å². The summed E-state index contributed by atoms with van der Waals surface area (Å²) in [5.41, 5.74) is 2.18. The van der Waals surface area contributed by atoms with E-state index in [1.165, 1.54) is 12.8 Å². The molecule has 0 unspecified atom stereocenters. The molecule has 1 aromatic heterocycles. The molecule has 0 radical (unpaired) electrons. The van der Waals surface area contributed by atoms with Crippen molar-refractivity contribution >= 4 is 12.3 Å². The molecule has 0 fully saturated rings. The van der Waals surface area contributed by atoms with E-state index < -0.39 is 0 Å². The van der Waals surface area contributed by atoms with Gasteiger partial charge in [-0.3, -0.25) is 0 Å². The van der Waals surface area contributed by atoms with Crippen molar-refractivity contribution in [3.8, 4) is 0 Å². The minimum Gasteiger partial charge on any atom is -0.241 e. The van der Waals surface area contributed by atoms with Crippen molar-refractivity contribution in [2.45, 2.75) is 61.3 Å². The summed E-state index contributed by atoms with van der Waals surface area (Å²) in [4.78, 5) is 0. The largest absolute Gasteiger partial charge is 0.241 e. The van der Waals surface area contributed by atoms with Gasteiger partial charge in [-0.05, 0) is 18.6 Å². The third-order valence-corrected chi connectivity index (χ3v) is 2.09. The van der Waals surface area contributed by atoms with Crippen LogP contribution in [0.5, 0.6) is 0 Å². The maximum absolute atomic E-state index is 4.10. The summed E-state index contributed by atoms with van der Waals surface area (Å²) in [5.74, 6) is 0.